The van der Waals surface area contributed by atoms with Crippen molar-refractivity contribution < 1.29 is 9.21 Å². The molecule has 3 aromatic heterocycles. The number of nitrogens with zero attached hydrogens (tertiary/aromatic N) is 1. The van der Waals surface area contributed by atoms with Gasteiger partial charge in [-0.2, -0.15) is 0 Å². The molecule has 0 aliphatic rings. The third-order valence-electron chi connectivity index (χ3n) is 5.77. The number of nitrogen functional groups attached to an aromatic ring is 1. The van der Waals surface area contributed by atoms with Crippen molar-refractivity contribution in [2.24, 2.45) is 0 Å². The zero-order valence-corrected chi connectivity index (χ0v) is 18.8. The molecule has 0 aliphatic heterocycles. The molecule has 6 aromatic rings. The SMILES string of the molecule is Nc1c(C(=O)Nc2ccc3ccccc3c2)sc2nc(-c3ccccc3)cc(-c3ccco3)c12. The molecule has 6 rings (SSSR count). The van der Waals surface area contributed by atoms with Gasteiger partial charge < -0.3 is 15.5 Å². The number of benzene rings is 3. The molecule has 1 amide bonds. The first-order valence-corrected chi connectivity index (χ1v) is 11.6. The summed E-state index contributed by atoms with van der Waals surface area (Å²) >= 11 is 1.29. The average Bonchev–Trinajstić information content (AvgIpc) is 3.53. The van der Waals surface area contributed by atoms with Crippen LogP contribution in [0.2, 0.25) is 0 Å². The monoisotopic (exact) mass is 461 g/mol. The van der Waals surface area contributed by atoms with Gasteiger partial charge in [0.2, 0.25) is 0 Å². The van der Waals surface area contributed by atoms with E-state index in [1.165, 1.54) is 11.3 Å². The molecule has 0 saturated heterocycles. The molecule has 34 heavy (non-hydrogen) atoms. The Morgan fingerprint density at radius 1 is 0.882 bits per heavy atom. The van der Waals surface area contributed by atoms with Crippen molar-refractivity contribution in [1.29, 1.82) is 0 Å². The van der Waals surface area contributed by atoms with Crippen LogP contribution >= 0.6 is 11.3 Å². The molecule has 3 heterocycles. The Balaban J connectivity index is 1.45. The summed E-state index contributed by atoms with van der Waals surface area (Å²) in [7, 11) is 0. The number of anilines is 2. The van der Waals surface area contributed by atoms with E-state index >= 15 is 0 Å². The summed E-state index contributed by atoms with van der Waals surface area (Å²) in [5.41, 5.74) is 10.2. The van der Waals surface area contributed by atoms with Gasteiger partial charge in [-0.15, -0.1) is 11.3 Å². The number of rotatable bonds is 4. The lowest BCUT2D eigenvalue weighted by Gasteiger charge is -2.07. The lowest BCUT2D eigenvalue weighted by molar-refractivity contribution is 0.103. The van der Waals surface area contributed by atoms with Gasteiger partial charge >= 0.3 is 0 Å². The fourth-order valence-corrected chi connectivity index (χ4v) is 5.14. The smallest absolute Gasteiger partial charge is 0.267 e. The van der Waals surface area contributed by atoms with E-state index in [9.17, 15) is 4.79 Å². The van der Waals surface area contributed by atoms with E-state index in [1.807, 2.05) is 91.0 Å². The third kappa shape index (κ3) is 3.50. The predicted octanol–water partition coefficient (Wildman–Crippen LogP) is 7.21. The van der Waals surface area contributed by atoms with Crippen molar-refractivity contribution >= 4 is 49.6 Å². The number of thiophene rings is 1. The lowest BCUT2D eigenvalue weighted by atomic mass is 10.0. The first kappa shape index (κ1) is 20.2. The normalized spacial score (nSPS) is 11.2. The Morgan fingerprint density at radius 2 is 1.68 bits per heavy atom. The Kier molecular flexibility index (Phi) is 4.86. The van der Waals surface area contributed by atoms with Crippen LogP contribution in [-0.2, 0) is 0 Å². The number of pyridine rings is 1. The summed E-state index contributed by atoms with van der Waals surface area (Å²) in [6.45, 7) is 0. The van der Waals surface area contributed by atoms with Gasteiger partial charge in [-0.05, 0) is 41.1 Å². The van der Waals surface area contributed by atoms with Crippen molar-refractivity contribution in [3.05, 3.63) is 102 Å². The van der Waals surface area contributed by atoms with Crippen LogP contribution in [0.5, 0.6) is 0 Å². The predicted molar refractivity (Wildman–Crippen MR) is 139 cm³/mol. The van der Waals surface area contributed by atoms with Crippen molar-refractivity contribution in [3.8, 4) is 22.6 Å². The fourth-order valence-electron chi connectivity index (χ4n) is 4.13. The van der Waals surface area contributed by atoms with Gasteiger partial charge in [-0.25, -0.2) is 4.98 Å². The Hall–Kier alpha value is -4.42. The highest BCUT2D eigenvalue weighted by molar-refractivity contribution is 7.21. The molecule has 3 aromatic carbocycles. The molecular formula is C28H19N3O2S. The van der Waals surface area contributed by atoms with Crippen molar-refractivity contribution in [3.63, 3.8) is 0 Å². The Bertz CT molecular complexity index is 1650. The summed E-state index contributed by atoms with van der Waals surface area (Å²) in [6, 6.07) is 29.5. The zero-order chi connectivity index (χ0) is 23.1. The summed E-state index contributed by atoms with van der Waals surface area (Å²) in [5.74, 6) is 0.415. The van der Waals surface area contributed by atoms with Crippen molar-refractivity contribution in [2.45, 2.75) is 0 Å². The van der Waals surface area contributed by atoms with Crippen LogP contribution in [0.25, 0.3) is 43.6 Å². The van der Waals surface area contributed by atoms with E-state index in [2.05, 4.69) is 5.32 Å². The molecule has 164 valence electrons. The van der Waals surface area contributed by atoms with Crippen molar-refractivity contribution in [1.82, 2.24) is 4.98 Å². The average molecular weight is 462 g/mol. The van der Waals surface area contributed by atoms with Gasteiger partial charge in [0.15, 0.2) is 0 Å². The van der Waals surface area contributed by atoms with Gasteiger partial charge in [-0.3, -0.25) is 4.79 Å². The van der Waals surface area contributed by atoms with Crippen molar-refractivity contribution in [2.75, 3.05) is 11.1 Å². The fraction of sp³-hybridized carbons (Fsp3) is 0. The highest BCUT2D eigenvalue weighted by atomic mass is 32.1. The number of carbonyl (C=O) groups excluding carboxylic acids is 1. The van der Waals surface area contributed by atoms with Gasteiger partial charge in [0, 0.05) is 22.2 Å². The molecule has 0 spiro atoms. The topological polar surface area (TPSA) is 81.2 Å². The lowest BCUT2D eigenvalue weighted by Crippen LogP contribution is -2.11. The number of aromatic nitrogens is 1. The molecule has 0 saturated carbocycles. The second-order valence-electron chi connectivity index (χ2n) is 7.94. The maximum atomic E-state index is 13.3. The number of furan rings is 1. The van der Waals surface area contributed by atoms with Crippen LogP contribution in [0.3, 0.4) is 0 Å². The van der Waals surface area contributed by atoms with E-state index in [4.69, 9.17) is 15.1 Å². The van der Waals surface area contributed by atoms with E-state index in [0.717, 1.165) is 33.0 Å². The quantitative estimate of drug-likeness (QED) is 0.291. The summed E-state index contributed by atoms with van der Waals surface area (Å²) in [6.07, 6.45) is 1.62. The van der Waals surface area contributed by atoms with E-state index in [0.29, 0.717) is 26.8 Å². The van der Waals surface area contributed by atoms with E-state index < -0.39 is 0 Å². The Morgan fingerprint density at radius 3 is 2.47 bits per heavy atom. The van der Waals surface area contributed by atoms with Crippen LogP contribution in [0, 0.1) is 0 Å². The molecule has 0 aliphatic carbocycles. The molecule has 0 bridgehead atoms. The second-order valence-corrected chi connectivity index (χ2v) is 8.94. The molecule has 0 fully saturated rings. The number of nitrogens with two attached hydrogens (primary N) is 1. The highest BCUT2D eigenvalue weighted by Gasteiger charge is 2.22. The number of carbonyl (C=O) groups is 1. The zero-order valence-electron chi connectivity index (χ0n) is 18.0. The molecular weight excluding hydrogens is 442 g/mol. The molecule has 6 heteroatoms. The maximum Gasteiger partial charge on any atom is 0.267 e. The van der Waals surface area contributed by atoms with Crippen LogP contribution in [0.1, 0.15) is 9.67 Å². The summed E-state index contributed by atoms with van der Waals surface area (Å²) in [4.78, 5) is 19.2. The standard InChI is InChI=1S/C28H19N3O2S/c29-25-24-21(23-11-6-14-33-23)16-22(18-8-2-1-3-9-18)31-28(24)34-26(25)27(32)30-20-13-12-17-7-4-5-10-19(17)15-20/h1-16H,29H2,(H,30,32). The van der Waals surface area contributed by atoms with Crippen LogP contribution in [0.15, 0.2) is 102 Å². The number of hydrogen-bond acceptors (Lipinski definition) is 5. The van der Waals surface area contributed by atoms with Gasteiger partial charge in [-0.1, -0.05) is 60.7 Å². The van der Waals surface area contributed by atoms with E-state index in [-0.39, 0.29) is 5.91 Å². The molecule has 3 N–H and O–H groups in total. The van der Waals surface area contributed by atoms with E-state index in [1.54, 1.807) is 6.26 Å². The molecule has 5 nitrogen and oxygen atoms in total. The second kappa shape index (κ2) is 8.17. The third-order valence-corrected chi connectivity index (χ3v) is 6.87. The summed E-state index contributed by atoms with van der Waals surface area (Å²) in [5, 5.41) is 5.89. The maximum absolute atomic E-state index is 13.3. The Labute approximate surface area is 199 Å². The van der Waals surface area contributed by atoms with Crippen LogP contribution in [0.4, 0.5) is 11.4 Å². The first-order valence-electron chi connectivity index (χ1n) is 10.8. The van der Waals surface area contributed by atoms with Crippen LogP contribution < -0.4 is 11.1 Å². The minimum atomic E-state index is -0.262. The number of hydrogen-bond donors (Lipinski definition) is 2. The minimum Gasteiger partial charge on any atom is -0.464 e. The molecule has 0 atom stereocenters. The van der Waals surface area contributed by atoms with Crippen LogP contribution in [-0.4, -0.2) is 10.9 Å². The molecule has 0 unspecified atom stereocenters. The summed E-state index contributed by atoms with van der Waals surface area (Å²) < 4.78 is 5.70. The number of nitrogens with one attached hydrogen (secondary N) is 1. The largest absolute Gasteiger partial charge is 0.464 e. The van der Waals surface area contributed by atoms with Gasteiger partial charge in [0.25, 0.3) is 5.91 Å². The molecule has 0 radical (unpaired) electrons. The minimum absolute atomic E-state index is 0.262. The number of fused-ring (bicyclic) bond motifs is 2. The van der Waals surface area contributed by atoms with Gasteiger partial charge in [0.05, 0.1) is 17.6 Å². The highest BCUT2D eigenvalue weighted by Crippen LogP contribution is 2.41. The van der Waals surface area contributed by atoms with Gasteiger partial charge in [0.1, 0.15) is 15.5 Å². The first-order chi connectivity index (χ1) is 16.7. The number of amides is 1.